The minimum absolute atomic E-state index is 0.627. The smallest absolute Gasteiger partial charge is 0.187 e. The van der Waals surface area contributed by atoms with E-state index in [0.717, 1.165) is 49.0 Å². The SMILES string of the molecule is COc1ccc(-c2nc(Nc3c(C)ccc4cnccc34)sc2C)c(Cl)c1. The highest BCUT2D eigenvalue weighted by molar-refractivity contribution is 7.16. The molecule has 0 atom stereocenters. The Balaban J connectivity index is 1.74. The third-order valence-electron chi connectivity index (χ3n) is 4.49. The maximum atomic E-state index is 6.44. The molecule has 0 unspecified atom stereocenters. The lowest BCUT2D eigenvalue weighted by Gasteiger charge is -2.10. The number of aromatic nitrogens is 2. The third-order valence-corrected chi connectivity index (χ3v) is 5.69. The molecule has 4 rings (SSSR count). The fourth-order valence-corrected chi connectivity index (χ4v) is 4.16. The summed E-state index contributed by atoms with van der Waals surface area (Å²) in [6, 6.07) is 11.8. The van der Waals surface area contributed by atoms with Gasteiger partial charge in [-0.25, -0.2) is 4.98 Å². The lowest BCUT2D eigenvalue weighted by molar-refractivity contribution is 0.415. The van der Waals surface area contributed by atoms with E-state index in [-0.39, 0.29) is 0 Å². The molecule has 4 aromatic rings. The first-order chi connectivity index (χ1) is 13.1. The number of hydrogen-bond donors (Lipinski definition) is 1. The predicted molar refractivity (Wildman–Crippen MR) is 114 cm³/mol. The summed E-state index contributed by atoms with van der Waals surface area (Å²) in [5.41, 5.74) is 3.99. The molecule has 2 heterocycles. The van der Waals surface area contributed by atoms with Gasteiger partial charge in [-0.1, -0.05) is 23.7 Å². The number of hydrogen-bond acceptors (Lipinski definition) is 5. The topological polar surface area (TPSA) is 47.0 Å². The summed E-state index contributed by atoms with van der Waals surface area (Å²) in [4.78, 5) is 10.1. The van der Waals surface area contributed by atoms with E-state index < -0.39 is 0 Å². The number of aryl methyl sites for hydroxylation is 2. The van der Waals surface area contributed by atoms with E-state index in [1.54, 1.807) is 18.4 Å². The van der Waals surface area contributed by atoms with Crippen molar-refractivity contribution in [2.75, 3.05) is 12.4 Å². The zero-order valence-electron chi connectivity index (χ0n) is 15.2. The number of fused-ring (bicyclic) bond motifs is 1. The Kier molecular flexibility index (Phi) is 4.72. The van der Waals surface area contributed by atoms with Crippen LogP contribution in [0.5, 0.6) is 5.75 Å². The van der Waals surface area contributed by atoms with Crippen molar-refractivity contribution in [3.05, 3.63) is 64.3 Å². The Labute approximate surface area is 166 Å². The number of methoxy groups -OCH3 is 1. The highest BCUT2D eigenvalue weighted by Crippen LogP contribution is 2.38. The summed E-state index contributed by atoms with van der Waals surface area (Å²) in [5.74, 6) is 0.731. The van der Waals surface area contributed by atoms with Gasteiger partial charge in [-0.15, -0.1) is 11.3 Å². The van der Waals surface area contributed by atoms with Crippen LogP contribution in [0, 0.1) is 13.8 Å². The van der Waals surface area contributed by atoms with Gasteiger partial charge in [0.15, 0.2) is 5.13 Å². The van der Waals surface area contributed by atoms with Crippen LogP contribution in [-0.2, 0) is 0 Å². The maximum absolute atomic E-state index is 6.44. The largest absolute Gasteiger partial charge is 0.497 e. The molecule has 0 saturated carbocycles. The van der Waals surface area contributed by atoms with Crippen LogP contribution in [0.25, 0.3) is 22.0 Å². The minimum Gasteiger partial charge on any atom is -0.497 e. The Morgan fingerprint density at radius 1 is 1.11 bits per heavy atom. The second kappa shape index (κ2) is 7.18. The molecule has 0 saturated heterocycles. The molecule has 2 aromatic heterocycles. The van der Waals surface area contributed by atoms with Crippen LogP contribution in [-0.4, -0.2) is 17.1 Å². The lowest BCUT2D eigenvalue weighted by Crippen LogP contribution is -1.94. The molecule has 6 heteroatoms. The number of nitrogens with zero attached hydrogens (tertiary/aromatic N) is 2. The summed E-state index contributed by atoms with van der Waals surface area (Å²) in [6.45, 7) is 4.14. The highest BCUT2D eigenvalue weighted by atomic mass is 35.5. The summed E-state index contributed by atoms with van der Waals surface area (Å²) in [5, 5.41) is 7.18. The van der Waals surface area contributed by atoms with E-state index in [4.69, 9.17) is 21.3 Å². The first-order valence-corrected chi connectivity index (χ1v) is 9.68. The summed E-state index contributed by atoms with van der Waals surface area (Å²) < 4.78 is 5.23. The number of nitrogens with one attached hydrogen (secondary N) is 1. The second-order valence-corrected chi connectivity index (χ2v) is 7.86. The standard InChI is InChI=1S/C21H18ClN3OS/c1-12-4-5-14-11-23-9-8-16(14)19(12)24-21-25-20(13(2)27-21)17-7-6-15(26-3)10-18(17)22/h4-11H,1-3H3,(H,24,25). The quantitative estimate of drug-likeness (QED) is 0.435. The number of rotatable bonds is 4. The number of halogens is 1. The van der Waals surface area contributed by atoms with Gasteiger partial charge in [-0.05, 0) is 43.7 Å². The first kappa shape index (κ1) is 17.8. The second-order valence-electron chi connectivity index (χ2n) is 6.25. The lowest BCUT2D eigenvalue weighted by atomic mass is 10.1. The van der Waals surface area contributed by atoms with E-state index >= 15 is 0 Å². The molecule has 0 aliphatic rings. The van der Waals surface area contributed by atoms with Gasteiger partial charge in [0, 0.05) is 33.6 Å². The van der Waals surface area contributed by atoms with E-state index in [2.05, 4.69) is 36.3 Å². The van der Waals surface area contributed by atoms with Gasteiger partial charge in [0.2, 0.25) is 0 Å². The number of anilines is 2. The van der Waals surface area contributed by atoms with Gasteiger partial charge in [0.25, 0.3) is 0 Å². The van der Waals surface area contributed by atoms with Crippen molar-refractivity contribution in [2.24, 2.45) is 0 Å². The van der Waals surface area contributed by atoms with Crippen LogP contribution in [0.3, 0.4) is 0 Å². The van der Waals surface area contributed by atoms with Crippen molar-refractivity contribution in [3.63, 3.8) is 0 Å². The third kappa shape index (κ3) is 3.36. The molecule has 0 radical (unpaired) electrons. The van der Waals surface area contributed by atoms with Crippen LogP contribution < -0.4 is 10.1 Å². The molecule has 0 fully saturated rings. The van der Waals surface area contributed by atoms with Crippen molar-refractivity contribution in [2.45, 2.75) is 13.8 Å². The monoisotopic (exact) mass is 395 g/mol. The van der Waals surface area contributed by atoms with E-state index in [0.29, 0.717) is 5.02 Å². The van der Waals surface area contributed by atoms with Crippen LogP contribution in [0.1, 0.15) is 10.4 Å². The predicted octanol–water partition coefficient (Wildman–Crippen LogP) is 6.38. The molecule has 27 heavy (non-hydrogen) atoms. The number of thiazole rings is 1. The summed E-state index contributed by atoms with van der Waals surface area (Å²) >= 11 is 8.06. The fourth-order valence-electron chi connectivity index (χ4n) is 3.07. The molecule has 136 valence electrons. The molecule has 0 amide bonds. The Morgan fingerprint density at radius 2 is 1.96 bits per heavy atom. The van der Waals surface area contributed by atoms with Crippen molar-refractivity contribution in [1.29, 1.82) is 0 Å². The van der Waals surface area contributed by atoms with Crippen molar-refractivity contribution >= 4 is 44.5 Å². The molecular formula is C21H18ClN3OS. The van der Waals surface area contributed by atoms with E-state index in [1.807, 2.05) is 36.7 Å². The van der Waals surface area contributed by atoms with Crippen molar-refractivity contribution in [1.82, 2.24) is 9.97 Å². The molecule has 1 N–H and O–H groups in total. The molecule has 0 aliphatic heterocycles. The Morgan fingerprint density at radius 3 is 2.74 bits per heavy atom. The van der Waals surface area contributed by atoms with Gasteiger partial charge in [-0.3, -0.25) is 4.98 Å². The number of pyridine rings is 1. The van der Waals surface area contributed by atoms with Crippen molar-refractivity contribution < 1.29 is 4.74 Å². The molecule has 4 nitrogen and oxygen atoms in total. The van der Waals surface area contributed by atoms with Gasteiger partial charge in [0.05, 0.1) is 23.5 Å². The molecule has 2 aromatic carbocycles. The van der Waals surface area contributed by atoms with Gasteiger partial charge < -0.3 is 10.1 Å². The first-order valence-electron chi connectivity index (χ1n) is 8.48. The molecule has 0 aliphatic carbocycles. The number of ether oxygens (including phenoxy) is 1. The summed E-state index contributed by atoms with van der Waals surface area (Å²) in [6.07, 6.45) is 3.68. The minimum atomic E-state index is 0.627. The Bertz CT molecular complexity index is 1140. The molecular weight excluding hydrogens is 378 g/mol. The van der Waals surface area contributed by atoms with Crippen LogP contribution in [0.2, 0.25) is 5.02 Å². The van der Waals surface area contributed by atoms with E-state index in [9.17, 15) is 0 Å². The van der Waals surface area contributed by atoms with Crippen molar-refractivity contribution in [3.8, 4) is 17.0 Å². The van der Waals surface area contributed by atoms with Crippen LogP contribution in [0.15, 0.2) is 48.8 Å². The zero-order valence-corrected chi connectivity index (χ0v) is 16.8. The average Bonchev–Trinajstić information content (AvgIpc) is 3.04. The average molecular weight is 396 g/mol. The normalized spacial score (nSPS) is 11.0. The molecule has 0 bridgehead atoms. The van der Waals surface area contributed by atoms with Gasteiger partial charge in [0.1, 0.15) is 5.75 Å². The van der Waals surface area contributed by atoms with Gasteiger partial charge >= 0.3 is 0 Å². The van der Waals surface area contributed by atoms with Crippen LogP contribution >= 0.6 is 22.9 Å². The van der Waals surface area contributed by atoms with Crippen LogP contribution in [0.4, 0.5) is 10.8 Å². The van der Waals surface area contributed by atoms with E-state index in [1.165, 1.54) is 0 Å². The zero-order chi connectivity index (χ0) is 19.0. The van der Waals surface area contributed by atoms with Gasteiger partial charge in [-0.2, -0.15) is 0 Å². The maximum Gasteiger partial charge on any atom is 0.187 e. The molecule has 0 spiro atoms. The highest BCUT2D eigenvalue weighted by Gasteiger charge is 2.15. The number of benzene rings is 2. The fraction of sp³-hybridized carbons (Fsp3) is 0.143. The Hall–Kier alpha value is -2.63. The summed E-state index contributed by atoms with van der Waals surface area (Å²) in [7, 11) is 1.63.